The van der Waals surface area contributed by atoms with Crippen LogP contribution in [0, 0.1) is 6.92 Å². The number of hydrogen-bond acceptors (Lipinski definition) is 1. The summed E-state index contributed by atoms with van der Waals surface area (Å²) in [5, 5.41) is 0. The van der Waals surface area contributed by atoms with Crippen molar-refractivity contribution in [3.63, 3.8) is 0 Å². The number of benzene rings is 1. The number of halogens is 1. The highest BCUT2D eigenvalue weighted by molar-refractivity contribution is 9.10. The molecular weight excluding hydrogens is 178 g/mol. The van der Waals surface area contributed by atoms with Crippen LogP contribution in [0.1, 0.15) is 5.56 Å². The van der Waals surface area contributed by atoms with E-state index in [2.05, 4.69) is 39.5 Å². The SMILES string of the molecule is Cc1ccc(NBr)cc1. The van der Waals surface area contributed by atoms with Gasteiger partial charge in [-0.05, 0) is 19.1 Å². The Bertz CT molecular complexity index is 181. The number of hydrogen-bond donors (Lipinski definition) is 1. The minimum Gasteiger partial charge on any atom is -0.322 e. The first-order valence-electron chi connectivity index (χ1n) is 2.76. The molecule has 0 spiro atoms. The van der Waals surface area contributed by atoms with Crippen LogP contribution in [0.5, 0.6) is 0 Å². The zero-order chi connectivity index (χ0) is 6.69. The highest BCUT2D eigenvalue weighted by atomic mass is 79.9. The molecule has 0 amide bonds. The average molecular weight is 186 g/mol. The van der Waals surface area contributed by atoms with Gasteiger partial charge in [0.25, 0.3) is 0 Å². The van der Waals surface area contributed by atoms with E-state index < -0.39 is 0 Å². The topological polar surface area (TPSA) is 12.0 Å². The molecular formula is C7H8BrN. The van der Waals surface area contributed by atoms with Gasteiger partial charge in [0.2, 0.25) is 0 Å². The molecule has 0 heterocycles. The van der Waals surface area contributed by atoms with E-state index in [9.17, 15) is 0 Å². The lowest BCUT2D eigenvalue weighted by Gasteiger charge is -1.95. The number of aryl methyl sites for hydroxylation is 1. The van der Waals surface area contributed by atoms with Crippen LogP contribution in [0.3, 0.4) is 0 Å². The molecule has 0 saturated heterocycles. The molecule has 0 radical (unpaired) electrons. The van der Waals surface area contributed by atoms with E-state index in [4.69, 9.17) is 0 Å². The maximum Gasteiger partial charge on any atom is 0.0465 e. The predicted octanol–water partition coefficient (Wildman–Crippen LogP) is 2.72. The van der Waals surface area contributed by atoms with Crippen LogP contribution in [0.25, 0.3) is 0 Å². The van der Waals surface area contributed by atoms with Gasteiger partial charge in [-0.25, -0.2) is 0 Å². The summed E-state index contributed by atoms with van der Waals surface area (Å²) >= 11 is 3.13. The Balaban J connectivity index is 2.88. The lowest BCUT2D eigenvalue weighted by Crippen LogP contribution is -1.77. The van der Waals surface area contributed by atoms with E-state index in [0.717, 1.165) is 5.69 Å². The van der Waals surface area contributed by atoms with E-state index in [1.807, 2.05) is 12.1 Å². The summed E-state index contributed by atoms with van der Waals surface area (Å²) in [5.41, 5.74) is 2.36. The molecule has 0 aliphatic rings. The van der Waals surface area contributed by atoms with Gasteiger partial charge in [-0.2, -0.15) is 0 Å². The van der Waals surface area contributed by atoms with E-state index in [-0.39, 0.29) is 0 Å². The van der Waals surface area contributed by atoms with Gasteiger partial charge in [0.05, 0.1) is 0 Å². The van der Waals surface area contributed by atoms with Crippen LogP contribution >= 0.6 is 16.1 Å². The standard InChI is InChI=1S/C7H8BrN/c1-6-2-4-7(9-8)5-3-6/h2-5,9H,1H3. The molecule has 0 saturated carbocycles. The molecule has 1 nitrogen and oxygen atoms in total. The molecule has 0 aliphatic carbocycles. The summed E-state index contributed by atoms with van der Waals surface area (Å²) in [7, 11) is 0. The Morgan fingerprint density at radius 1 is 1.22 bits per heavy atom. The first-order valence-corrected chi connectivity index (χ1v) is 3.55. The van der Waals surface area contributed by atoms with Crippen molar-refractivity contribution in [2.24, 2.45) is 0 Å². The molecule has 9 heavy (non-hydrogen) atoms. The van der Waals surface area contributed by atoms with E-state index in [1.54, 1.807) is 0 Å². The fourth-order valence-electron chi connectivity index (χ4n) is 0.617. The Morgan fingerprint density at radius 3 is 2.22 bits per heavy atom. The number of rotatable bonds is 1. The minimum atomic E-state index is 1.08. The molecule has 0 atom stereocenters. The summed E-state index contributed by atoms with van der Waals surface area (Å²) in [6.45, 7) is 2.07. The van der Waals surface area contributed by atoms with Gasteiger partial charge >= 0.3 is 0 Å². The Labute approximate surface area is 63.4 Å². The van der Waals surface area contributed by atoms with E-state index >= 15 is 0 Å². The van der Waals surface area contributed by atoms with Gasteiger partial charge in [0.1, 0.15) is 0 Å². The quantitative estimate of drug-likeness (QED) is 0.665. The summed E-state index contributed by atoms with van der Waals surface area (Å²) in [6, 6.07) is 8.15. The molecule has 0 fully saturated rings. The second-order valence-electron chi connectivity index (χ2n) is 1.96. The van der Waals surface area contributed by atoms with E-state index in [1.165, 1.54) is 5.56 Å². The highest BCUT2D eigenvalue weighted by Gasteiger charge is 1.84. The number of nitrogens with one attached hydrogen (secondary N) is 1. The van der Waals surface area contributed by atoms with Crippen LogP contribution < -0.4 is 4.34 Å². The summed E-state index contributed by atoms with van der Waals surface area (Å²) in [4.78, 5) is 0. The van der Waals surface area contributed by atoms with Crippen molar-refractivity contribution in [3.05, 3.63) is 29.8 Å². The Kier molecular flexibility index (Phi) is 2.11. The van der Waals surface area contributed by atoms with Crippen molar-refractivity contribution >= 4 is 21.8 Å². The first kappa shape index (κ1) is 6.62. The smallest absolute Gasteiger partial charge is 0.0465 e. The summed E-state index contributed by atoms with van der Waals surface area (Å²) in [5.74, 6) is 0. The molecule has 0 aliphatic heterocycles. The van der Waals surface area contributed by atoms with E-state index in [0.29, 0.717) is 0 Å². The second kappa shape index (κ2) is 2.87. The molecule has 0 bridgehead atoms. The molecule has 0 aromatic heterocycles. The minimum absolute atomic E-state index is 1.08. The van der Waals surface area contributed by atoms with Crippen LogP contribution in [0.2, 0.25) is 0 Å². The third-order valence-corrected chi connectivity index (χ3v) is 1.62. The monoisotopic (exact) mass is 185 g/mol. The van der Waals surface area contributed by atoms with Crippen molar-refractivity contribution in [1.82, 2.24) is 0 Å². The zero-order valence-electron chi connectivity index (χ0n) is 5.19. The maximum absolute atomic E-state index is 3.13. The molecule has 1 rings (SSSR count). The van der Waals surface area contributed by atoms with Crippen LogP contribution in [0.15, 0.2) is 24.3 Å². The lowest BCUT2D eigenvalue weighted by atomic mass is 10.2. The molecule has 48 valence electrons. The zero-order valence-corrected chi connectivity index (χ0v) is 6.77. The van der Waals surface area contributed by atoms with Crippen molar-refractivity contribution in [1.29, 1.82) is 0 Å². The van der Waals surface area contributed by atoms with Gasteiger partial charge < -0.3 is 4.34 Å². The van der Waals surface area contributed by atoms with Gasteiger partial charge in [0, 0.05) is 21.8 Å². The van der Waals surface area contributed by atoms with Crippen molar-refractivity contribution in [2.75, 3.05) is 4.34 Å². The summed E-state index contributed by atoms with van der Waals surface area (Å²) < 4.78 is 2.87. The second-order valence-corrected chi connectivity index (χ2v) is 2.36. The number of anilines is 1. The highest BCUT2D eigenvalue weighted by Crippen LogP contribution is 2.09. The normalized spacial score (nSPS) is 9.11. The summed E-state index contributed by atoms with van der Waals surface area (Å²) in [6.07, 6.45) is 0. The fraction of sp³-hybridized carbons (Fsp3) is 0.143. The lowest BCUT2D eigenvalue weighted by molar-refractivity contribution is 1.48. The van der Waals surface area contributed by atoms with Crippen LogP contribution in [-0.2, 0) is 0 Å². The van der Waals surface area contributed by atoms with Gasteiger partial charge in [-0.15, -0.1) is 0 Å². The third kappa shape index (κ3) is 1.72. The van der Waals surface area contributed by atoms with Crippen molar-refractivity contribution in [2.45, 2.75) is 6.92 Å². The molecule has 2 heteroatoms. The fourth-order valence-corrected chi connectivity index (χ4v) is 0.881. The Hall–Kier alpha value is -0.500. The maximum atomic E-state index is 3.13. The Morgan fingerprint density at radius 2 is 1.78 bits per heavy atom. The average Bonchev–Trinajstić information content (AvgIpc) is 1.90. The van der Waals surface area contributed by atoms with Gasteiger partial charge in [-0.3, -0.25) is 0 Å². The molecule has 1 N–H and O–H groups in total. The van der Waals surface area contributed by atoms with Crippen LogP contribution in [0.4, 0.5) is 5.69 Å². The predicted molar refractivity (Wildman–Crippen MR) is 43.7 cm³/mol. The van der Waals surface area contributed by atoms with Crippen molar-refractivity contribution < 1.29 is 0 Å². The van der Waals surface area contributed by atoms with Crippen molar-refractivity contribution in [3.8, 4) is 0 Å². The largest absolute Gasteiger partial charge is 0.322 e. The van der Waals surface area contributed by atoms with Crippen LogP contribution in [-0.4, -0.2) is 0 Å². The first-order chi connectivity index (χ1) is 4.33. The molecule has 1 aromatic carbocycles. The third-order valence-electron chi connectivity index (χ3n) is 1.16. The molecule has 1 aromatic rings. The van der Waals surface area contributed by atoms with Gasteiger partial charge in [0.15, 0.2) is 0 Å². The van der Waals surface area contributed by atoms with Gasteiger partial charge in [-0.1, -0.05) is 17.7 Å². The molecule has 0 unspecified atom stereocenters.